The Kier molecular flexibility index (Phi) is 6.38. The average molecular weight is 335 g/mol. The molecule has 7 heteroatoms. The van der Waals surface area contributed by atoms with Gasteiger partial charge in [-0.1, -0.05) is 11.6 Å². The first kappa shape index (κ1) is 16.8. The van der Waals surface area contributed by atoms with Crippen molar-refractivity contribution in [1.82, 2.24) is 10.3 Å². The van der Waals surface area contributed by atoms with Crippen molar-refractivity contribution in [2.75, 3.05) is 19.8 Å². The number of esters is 1. The van der Waals surface area contributed by atoms with E-state index in [-0.39, 0.29) is 25.7 Å². The van der Waals surface area contributed by atoms with E-state index < -0.39 is 5.97 Å². The zero-order chi connectivity index (χ0) is 16.5. The molecule has 6 nitrogen and oxygen atoms in total. The highest BCUT2D eigenvalue weighted by Crippen LogP contribution is 2.15. The van der Waals surface area contributed by atoms with Crippen molar-refractivity contribution in [2.45, 2.75) is 0 Å². The number of aromatic nitrogens is 1. The fourth-order valence-electron chi connectivity index (χ4n) is 1.63. The van der Waals surface area contributed by atoms with Crippen molar-refractivity contribution >= 4 is 23.5 Å². The highest BCUT2D eigenvalue weighted by atomic mass is 35.5. The van der Waals surface area contributed by atoms with Gasteiger partial charge in [-0.2, -0.15) is 0 Å². The molecule has 0 unspecified atom stereocenters. The van der Waals surface area contributed by atoms with Gasteiger partial charge in [-0.05, 0) is 36.4 Å². The zero-order valence-electron chi connectivity index (χ0n) is 12.2. The number of hydrogen-bond donors (Lipinski definition) is 1. The molecule has 0 atom stereocenters. The minimum atomic E-state index is -0.482. The maximum Gasteiger partial charge on any atom is 0.339 e. The summed E-state index contributed by atoms with van der Waals surface area (Å²) in [6.07, 6.45) is 2.98. The lowest BCUT2D eigenvalue weighted by atomic mass is 10.3. The van der Waals surface area contributed by atoms with E-state index in [2.05, 4.69) is 10.3 Å². The number of hydrogen-bond acceptors (Lipinski definition) is 5. The van der Waals surface area contributed by atoms with Crippen LogP contribution in [0.5, 0.6) is 5.75 Å². The molecular formula is C16H15ClN2O4. The van der Waals surface area contributed by atoms with Gasteiger partial charge in [0.05, 0.1) is 12.1 Å². The average Bonchev–Trinajstić information content (AvgIpc) is 2.59. The van der Waals surface area contributed by atoms with Gasteiger partial charge < -0.3 is 14.8 Å². The quantitative estimate of drug-likeness (QED) is 0.619. The maximum absolute atomic E-state index is 11.6. The van der Waals surface area contributed by atoms with E-state index in [1.165, 1.54) is 6.20 Å². The van der Waals surface area contributed by atoms with Crippen LogP contribution in [0.2, 0.25) is 5.02 Å². The van der Waals surface area contributed by atoms with Gasteiger partial charge in [0, 0.05) is 17.4 Å². The standard InChI is InChI=1S/C16H15ClN2O4/c17-13-3-5-14(6-4-13)23-11-15(20)19-8-9-22-16(21)12-2-1-7-18-10-12/h1-7,10H,8-9,11H2,(H,19,20). The number of rotatable bonds is 7. The maximum atomic E-state index is 11.6. The van der Waals surface area contributed by atoms with Crippen LogP contribution in [-0.2, 0) is 9.53 Å². The van der Waals surface area contributed by atoms with E-state index in [9.17, 15) is 9.59 Å². The Balaban J connectivity index is 1.61. The van der Waals surface area contributed by atoms with Gasteiger partial charge in [-0.25, -0.2) is 4.79 Å². The largest absolute Gasteiger partial charge is 0.484 e. The van der Waals surface area contributed by atoms with Crippen molar-refractivity contribution < 1.29 is 19.1 Å². The fourth-order valence-corrected chi connectivity index (χ4v) is 1.76. The summed E-state index contributed by atoms with van der Waals surface area (Å²) < 4.78 is 10.3. The van der Waals surface area contributed by atoms with Crippen molar-refractivity contribution in [3.8, 4) is 5.75 Å². The molecule has 0 aliphatic heterocycles. The van der Waals surface area contributed by atoms with Crippen molar-refractivity contribution in [2.24, 2.45) is 0 Å². The molecule has 120 valence electrons. The molecule has 1 heterocycles. The highest BCUT2D eigenvalue weighted by molar-refractivity contribution is 6.30. The molecule has 0 saturated carbocycles. The lowest BCUT2D eigenvalue weighted by Gasteiger charge is -2.08. The van der Waals surface area contributed by atoms with Crippen LogP contribution in [0.4, 0.5) is 0 Å². The number of amides is 1. The number of nitrogens with zero attached hydrogens (tertiary/aromatic N) is 1. The minimum Gasteiger partial charge on any atom is -0.484 e. The predicted octanol–water partition coefficient (Wildman–Crippen LogP) is 2.09. The van der Waals surface area contributed by atoms with Gasteiger partial charge >= 0.3 is 5.97 Å². The van der Waals surface area contributed by atoms with Gasteiger partial charge in [0.2, 0.25) is 0 Å². The fraction of sp³-hybridized carbons (Fsp3) is 0.188. The van der Waals surface area contributed by atoms with Gasteiger partial charge in [0.25, 0.3) is 5.91 Å². The summed E-state index contributed by atoms with van der Waals surface area (Å²) in [5.74, 6) is -0.241. The highest BCUT2D eigenvalue weighted by Gasteiger charge is 2.07. The van der Waals surface area contributed by atoms with Crippen molar-refractivity contribution in [3.05, 3.63) is 59.4 Å². The van der Waals surface area contributed by atoms with Crippen LogP contribution in [0.1, 0.15) is 10.4 Å². The van der Waals surface area contributed by atoms with Crippen molar-refractivity contribution in [1.29, 1.82) is 0 Å². The molecule has 0 spiro atoms. The topological polar surface area (TPSA) is 77.5 Å². The Morgan fingerprint density at radius 2 is 1.96 bits per heavy atom. The van der Waals surface area contributed by atoms with Crippen LogP contribution in [0.15, 0.2) is 48.8 Å². The third-order valence-electron chi connectivity index (χ3n) is 2.74. The molecule has 0 fully saturated rings. The molecule has 0 aliphatic carbocycles. The third-order valence-corrected chi connectivity index (χ3v) is 2.99. The number of halogens is 1. The summed E-state index contributed by atoms with van der Waals surface area (Å²) in [6, 6.07) is 9.94. The van der Waals surface area contributed by atoms with E-state index in [4.69, 9.17) is 21.1 Å². The van der Waals surface area contributed by atoms with E-state index in [1.807, 2.05) is 0 Å². The Bertz CT molecular complexity index is 647. The van der Waals surface area contributed by atoms with Crippen molar-refractivity contribution in [3.63, 3.8) is 0 Å². The Hall–Kier alpha value is -2.60. The molecule has 1 amide bonds. The van der Waals surface area contributed by atoms with Crippen LogP contribution in [0.3, 0.4) is 0 Å². The van der Waals surface area contributed by atoms with Gasteiger partial charge in [0.15, 0.2) is 6.61 Å². The monoisotopic (exact) mass is 334 g/mol. The first-order chi connectivity index (χ1) is 11.1. The number of pyridine rings is 1. The normalized spacial score (nSPS) is 9.96. The predicted molar refractivity (Wildman–Crippen MR) is 84.5 cm³/mol. The molecule has 0 bridgehead atoms. The third kappa shape index (κ3) is 5.96. The summed E-state index contributed by atoms with van der Waals surface area (Å²) >= 11 is 5.75. The van der Waals surface area contributed by atoms with Crippen LogP contribution >= 0.6 is 11.6 Å². The summed E-state index contributed by atoms with van der Waals surface area (Å²) in [7, 11) is 0. The van der Waals surface area contributed by atoms with E-state index in [0.717, 1.165) is 0 Å². The molecule has 0 aliphatic rings. The van der Waals surface area contributed by atoms with Crippen LogP contribution in [0, 0.1) is 0 Å². The van der Waals surface area contributed by atoms with E-state index in [0.29, 0.717) is 16.3 Å². The van der Waals surface area contributed by atoms with E-state index >= 15 is 0 Å². The first-order valence-corrected chi connectivity index (χ1v) is 7.25. The van der Waals surface area contributed by atoms with Crippen LogP contribution in [0.25, 0.3) is 0 Å². The van der Waals surface area contributed by atoms with Gasteiger partial charge in [-0.3, -0.25) is 9.78 Å². The summed E-state index contributed by atoms with van der Waals surface area (Å²) in [4.78, 5) is 27.0. The Labute approximate surface area is 138 Å². The number of carbonyl (C=O) groups is 2. The molecule has 2 rings (SSSR count). The van der Waals surface area contributed by atoms with Crippen LogP contribution < -0.4 is 10.1 Å². The first-order valence-electron chi connectivity index (χ1n) is 6.87. The van der Waals surface area contributed by atoms with E-state index in [1.54, 1.807) is 42.6 Å². The summed E-state index contributed by atoms with van der Waals surface area (Å²) in [5, 5.41) is 3.18. The molecule has 0 radical (unpaired) electrons. The molecule has 1 N–H and O–H groups in total. The number of ether oxygens (including phenoxy) is 2. The number of benzene rings is 1. The second-order valence-corrected chi connectivity index (χ2v) is 4.91. The van der Waals surface area contributed by atoms with Gasteiger partial charge in [0.1, 0.15) is 12.4 Å². The molecule has 2 aromatic rings. The second-order valence-electron chi connectivity index (χ2n) is 4.47. The molecule has 0 saturated heterocycles. The molecule has 23 heavy (non-hydrogen) atoms. The minimum absolute atomic E-state index is 0.0699. The number of nitrogens with one attached hydrogen (secondary N) is 1. The smallest absolute Gasteiger partial charge is 0.339 e. The summed E-state index contributed by atoms with van der Waals surface area (Å²) in [5.41, 5.74) is 0.366. The lowest BCUT2D eigenvalue weighted by molar-refractivity contribution is -0.123. The molecular weight excluding hydrogens is 320 g/mol. The summed E-state index contributed by atoms with van der Waals surface area (Å²) in [6.45, 7) is 0.146. The Morgan fingerprint density at radius 3 is 2.65 bits per heavy atom. The van der Waals surface area contributed by atoms with Crippen LogP contribution in [-0.4, -0.2) is 36.6 Å². The second kappa shape index (κ2) is 8.75. The molecule has 1 aromatic heterocycles. The lowest BCUT2D eigenvalue weighted by Crippen LogP contribution is -2.32. The van der Waals surface area contributed by atoms with Gasteiger partial charge in [-0.15, -0.1) is 0 Å². The molecule has 1 aromatic carbocycles. The SMILES string of the molecule is O=C(COc1ccc(Cl)cc1)NCCOC(=O)c1cccnc1. The zero-order valence-corrected chi connectivity index (χ0v) is 13.0. The Morgan fingerprint density at radius 1 is 1.17 bits per heavy atom. The number of carbonyl (C=O) groups excluding carboxylic acids is 2.